The Hall–Kier alpha value is -0.810. The number of nitrogens with zero attached hydrogens (tertiary/aromatic N) is 2. The van der Waals surface area contributed by atoms with Crippen LogP contribution in [-0.4, -0.2) is 70.5 Å². The van der Waals surface area contributed by atoms with Gasteiger partial charge >= 0.3 is 0 Å². The number of rotatable bonds is 18. The largest absolute Gasteiger partial charge is 0.652 e. The molecule has 0 aromatic carbocycles. The van der Waals surface area contributed by atoms with Gasteiger partial charge in [0.05, 0.1) is 55.4 Å². The van der Waals surface area contributed by atoms with Crippen LogP contribution in [0.15, 0.2) is 0 Å². The van der Waals surface area contributed by atoms with E-state index >= 15 is 0 Å². The van der Waals surface area contributed by atoms with Crippen LogP contribution in [0.2, 0.25) is 0 Å². The molecule has 0 atom stereocenters. The van der Waals surface area contributed by atoms with Crippen molar-refractivity contribution in [2.75, 3.05) is 55.4 Å². The molecule has 0 N–H and O–H groups in total. The Bertz CT molecular complexity index is 340. The van der Waals surface area contributed by atoms with Gasteiger partial charge in [-0.15, -0.1) is 0 Å². The summed E-state index contributed by atoms with van der Waals surface area (Å²) in [6.07, 6.45) is 20.5. The molecule has 0 aliphatic heterocycles. The SMILES string of the molecule is CCCCCCCCCC[N+](C)(C)C.CCCCCCCCCC[N+](C)(C)C.O=C([O-])[O-]. The van der Waals surface area contributed by atoms with Gasteiger partial charge < -0.3 is 24.0 Å². The van der Waals surface area contributed by atoms with Gasteiger partial charge in [-0.25, -0.2) is 0 Å². The van der Waals surface area contributed by atoms with Crippen LogP contribution in [0.1, 0.15) is 117 Å². The third kappa shape index (κ3) is 51.7. The second-order valence-electron chi connectivity index (χ2n) is 11.2. The zero-order valence-electron chi connectivity index (χ0n) is 23.3. The van der Waals surface area contributed by atoms with E-state index in [4.69, 9.17) is 15.0 Å². The summed E-state index contributed by atoms with van der Waals surface area (Å²) in [5, 5.41) is 16.7. The Balaban J connectivity index is -0.000000450. The van der Waals surface area contributed by atoms with E-state index < -0.39 is 6.16 Å². The molecule has 5 heteroatoms. The van der Waals surface area contributed by atoms with E-state index in [1.54, 1.807) is 0 Å². The van der Waals surface area contributed by atoms with Gasteiger partial charge in [0.25, 0.3) is 0 Å². The maximum absolute atomic E-state index is 8.33. The minimum absolute atomic E-state index is 1.12. The molecule has 0 aliphatic rings. The summed E-state index contributed by atoms with van der Waals surface area (Å²) in [6.45, 7) is 7.21. The van der Waals surface area contributed by atoms with Crippen LogP contribution in [0.3, 0.4) is 0 Å². The summed E-state index contributed by atoms with van der Waals surface area (Å²) < 4.78 is 2.24. The van der Waals surface area contributed by atoms with Crippen molar-refractivity contribution in [1.82, 2.24) is 0 Å². The standard InChI is InChI=1S/2C13H30N.CH2O3/c2*1-5-6-7-8-9-10-11-12-13-14(2,3)4;2-1(3)4/h2*5-13H2,1-4H3;(H2,2,3,4)/q2*+1;/p-2. The number of quaternary nitrogens is 2. The van der Waals surface area contributed by atoms with Crippen molar-refractivity contribution >= 4 is 6.16 Å². The van der Waals surface area contributed by atoms with E-state index in [0.29, 0.717) is 0 Å². The van der Waals surface area contributed by atoms with Gasteiger partial charge in [-0.05, 0) is 31.8 Å². The molecular formula is C27H60N2O3. The predicted octanol–water partition coefficient (Wildman–Crippen LogP) is 5.22. The zero-order valence-corrected chi connectivity index (χ0v) is 23.3. The van der Waals surface area contributed by atoms with Crippen LogP contribution < -0.4 is 10.2 Å². The summed E-state index contributed by atoms with van der Waals surface area (Å²) in [7, 11) is 13.7. The van der Waals surface area contributed by atoms with Crippen molar-refractivity contribution in [3.63, 3.8) is 0 Å². The summed E-state index contributed by atoms with van der Waals surface area (Å²) in [6, 6.07) is 0. The second kappa shape index (κ2) is 24.8. The second-order valence-corrected chi connectivity index (χ2v) is 11.2. The molecule has 0 bridgehead atoms. The van der Waals surface area contributed by atoms with E-state index in [1.807, 2.05) is 0 Å². The minimum Gasteiger partial charge on any atom is -0.652 e. The maximum atomic E-state index is 8.33. The average Bonchev–Trinajstić information content (AvgIpc) is 2.64. The molecule has 0 saturated heterocycles. The van der Waals surface area contributed by atoms with E-state index in [9.17, 15) is 0 Å². The first-order chi connectivity index (χ1) is 14.9. The van der Waals surface area contributed by atoms with E-state index in [1.165, 1.54) is 116 Å². The van der Waals surface area contributed by atoms with Gasteiger partial charge in [-0.1, -0.05) is 90.9 Å². The molecular weight excluding hydrogens is 400 g/mol. The number of carbonyl (C=O) groups is 1. The Kier molecular flexibility index (Phi) is 27.8. The predicted molar refractivity (Wildman–Crippen MR) is 136 cm³/mol. The fourth-order valence-electron chi connectivity index (χ4n) is 3.44. The van der Waals surface area contributed by atoms with Crippen LogP contribution in [-0.2, 0) is 0 Å². The number of carbonyl (C=O) groups excluding carboxylic acids is 1. The van der Waals surface area contributed by atoms with Gasteiger partial charge in [-0.2, -0.15) is 0 Å². The fourth-order valence-corrected chi connectivity index (χ4v) is 3.44. The molecule has 32 heavy (non-hydrogen) atoms. The molecule has 0 radical (unpaired) electrons. The quantitative estimate of drug-likeness (QED) is 0.208. The highest BCUT2D eigenvalue weighted by atomic mass is 16.6. The molecule has 196 valence electrons. The van der Waals surface area contributed by atoms with Gasteiger partial charge in [0.1, 0.15) is 0 Å². The molecule has 0 saturated carbocycles. The average molecular weight is 461 g/mol. The van der Waals surface area contributed by atoms with Crippen LogP contribution in [0, 0.1) is 0 Å². The van der Waals surface area contributed by atoms with Crippen molar-refractivity contribution in [1.29, 1.82) is 0 Å². The van der Waals surface area contributed by atoms with Crippen molar-refractivity contribution in [3.05, 3.63) is 0 Å². The minimum atomic E-state index is -2.33. The molecule has 0 amide bonds. The Morgan fingerprint density at radius 2 is 0.656 bits per heavy atom. The topological polar surface area (TPSA) is 63.2 Å². The van der Waals surface area contributed by atoms with Crippen LogP contribution >= 0.6 is 0 Å². The van der Waals surface area contributed by atoms with Crippen LogP contribution in [0.5, 0.6) is 0 Å². The first kappa shape index (κ1) is 35.8. The van der Waals surface area contributed by atoms with Crippen LogP contribution in [0.4, 0.5) is 4.79 Å². The monoisotopic (exact) mass is 460 g/mol. The van der Waals surface area contributed by atoms with E-state index in [2.05, 4.69) is 56.1 Å². The maximum Gasteiger partial charge on any atom is 0.0780 e. The summed E-state index contributed by atoms with van der Waals surface area (Å²) in [4.78, 5) is 8.33. The van der Waals surface area contributed by atoms with Gasteiger partial charge in [0, 0.05) is 0 Å². The fraction of sp³-hybridized carbons (Fsp3) is 0.963. The molecule has 0 aromatic rings. The third-order valence-electron chi connectivity index (χ3n) is 5.36. The number of carboxylic acid groups (broad SMARTS) is 2. The van der Waals surface area contributed by atoms with E-state index in [-0.39, 0.29) is 0 Å². The zero-order chi connectivity index (χ0) is 25.3. The summed E-state index contributed by atoms with van der Waals surface area (Å²) in [5.74, 6) is 0. The highest BCUT2D eigenvalue weighted by molar-refractivity contribution is 5.47. The van der Waals surface area contributed by atoms with Gasteiger partial charge in [-0.3, -0.25) is 0 Å². The molecule has 0 aliphatic carbocycles. The molecule has 0 rings (SSSR count). The van der Waals surface area contributed by atoms with Crippen molar-refractivity contribution in [2.24, 2.45) is 0 Å². The van der Waals surface area contributed by atoms with E-state index in [0.717, 1.165) is 8.97 Å². The lowest BCUT2D eigenvalue weighted by atomic mass is 10.1. The number of unbranched alkanes of at least 4 members (excludes halogenated alkanes) is 14. The highest BCUT2D eigenvalue weighted by Gasteiger charge is 2.05. The molecule has 0 heterocycles. The normalized spacial score (nSPS) is 11.2. The lowest BCUT2D eigenvalue weighted by Crippen LogP contribution is -2.37. The summed E-state index contributed by atoms with van der Waals surface area (Å²) in [5.41, 5.74) is 0. The smallest absolute Gasteiger partial charge is 0.0780 e. The molecule has 0 spiro atoms. The number of hydrogen-bond acceptors (Lipinski definition) is 3. The van der Waals surface area contributed by atoms with Gasteiger partial charge in [0.2, 0.25) is 0 Å². The highest BCUT2D eigenvalue weighted by Crippen LogP contribution is 2.10. The van der Waals surface area contributed by atoms with Crippen molar-refractivity contribution in [3.8, 4) is 0 Å². The molecule has 0 unspecified atom stereocenters. The lowest BCUT2D eigenvalue weighted by molar-refractivity contribution is -0.870. The molecule has 0 fully saturated rings. The Morgan fingerprint density at radius 3 is 0.844 bits per heavy atom. The van der Waals surface area contributed by atoms with Gasteiger partial charge in [0.15, 0.2) is 0 Å². The first-order valence-electron chi connectivity index (χ1n) is 13.3. The Morgan fingerprint density at radius 1 is 0.469 bits per heavy atom. The molecule has 0 aromatic heterocycles. The lowest BCUT2D eigenvalue weighted by Gasteiger charge is -2.23. The van der Waals surface area contributed by atoms with Crippen molar-refractivity contribution in [2.45, 2.75) is 117 Å². The van der Waals surface area contributed by atoms with Crippen LogP contribution in [0.25, 0.3) is 0 Å². The number of hydrogen-bond donors (Lipinski definition) is 0. The summed E-state index contributed by atoms with van der Waals surface area (Å²) >= 11 is 0. The van der Waals surface area contributed by atoms with Crippen molar-refractivity contribution < 1.29 is 24.0 Å². The third-order valence-corrected chi connectivity index (χ3v) is 5.36. The molecule has 5 nitrogen and oxygen atoms in total. The first-order valence-corrected chi connectivity index (χ1v) is 13.3. The Labute approximate surface area is 202 Å².